The third-order valence-corrected chi connectivity index (χ3v) is 9.31. The van der Waals surface area contributed by atoms with E-state index in [1.165, 1.54) is 0 Å². The maximum Gasteiger partial charge on any atom is 0.225 e. The molecule has 4 heterocycles. The van der Waals surface area contributed by atoms with Gasteiger partial charge in [-0.05, 0) is 97.1 Å². The smallest absolute Gasteiger partial charge is 0.225 e. The maximum absolute atomic E-state index is 6.49. The standard InChI is InChI=1S/C41H40N20O4/c42-33-50-29(51-34(43)58-33)21-1-9-25(10-2-21)62-17-41(18-63-26-11-3-22(4-12-26)30-52-35(44)59-36(45)53-30,19-64-27-13-5-23(6-14-27)31-54-37(46)60-38(47)55-31)20-65-28-15-7-24(8-16-28)32-56-39(48)61-40(49)57-32/h1-16H,17-20H2,(H4,42,43,50,51,58)(H4,44,45,52,53,59)(H4,46,47,54,55,60)(H4,48,49,56,57,61). The van der Waals surface area contributed by atoms with Crippen LogP contribution in [0, 0.1) is 5.41 Å². The topological polar surface area (TPSA) is 400 Å². The SMILES string of the molecule is Nc1nc(N)nc(-c2ccc(OCC(COc3ccc(-c4nc(N)nc(N)n4)cc3)(COc3ccc(-c4nc(N)nc(N)n4)cc3)COc3ccc(-c4nc(N)nc(N)n4)cc3)cc2)n1. The van der Waals surface area contributed by atoms with Crippen LogP contribution in [0.3, 0.4) is 0 Å². The van der Waals surface area contributed by atoms with Gasteiger partial charge in [-0.15, -0.1) is 0 Å². The van der Waals surface area contributed by atoms with Crippen LogP contribution in [-0.4, -0.2) is 86.2 Å². The summed E-state index contributed by atoms with van der Waals surface area (Å²) in [5, 5.41) is 0. The van der Waals surface area contributed by atoms with Gasteiger partial charge in [-0.25, -0.2) is 0 Å². The molecular formula is C41H40N20O4. The molecule has 4 aromatic heterocycles. The van der Waals surface area contributed by atoms with E-state index in [9.17, 15) is 0 Å². The zero-order valence-corrected chi connectivity index (χ0v) is 34.2. The molecule has 0 radical (unpaired) electrons. The lowest BCUT2D eigenvalue weighted by molar-refractivity contribution is -0.00350. The van der Waals surface area contributed by atoms with Crippen LogP contribution in [0.5, 0.6) is 23.0 Å². The molecule has 8 rings (SSSR count). The predicted molar refractivity (Wildman–Crippen MR) is 241 cm³/mol. The molecule has 0 atom stereocenters. The van der Waals surface area contributed by atoms with E-state index in [2.05, 4.69) is 59.8 Å². The average Bonchev–Trinajstić information content (AvgIpc) is 3.28. The van der Waals surface area contributed by atoms with Crippen molar-refractivity contribution in [2.75, 3.05) is 72.3 Å². The number of nitrogens with zero attached hydrogens (tertiary/aromatic N) is 12. The van der Waals surface area contributed by atoms with Crippen molar-refractivity contribution in [3.8, 4) is 68.5 Å². The van der Waals surface area contributed by atoms with Gasteiger partial charge in [0.05, 0.1) is 0 Å². The highest BCUT2D eigenvalue weighted by molar-refractivity contribution is 5.61. The van der Waals surface area contributed by atoms with Gasteiger partial charge in [-0.3, -0.25) is 0 Å². The highest BCUT2D eigenvalue weighted by Crippen LogP contribution is 2.30. The van der Waals surface area contributed by atoms with Crippen LogP contribution in [-0.2, 0) is 0 Å². The lowest BCUT2D eigenvalue weighted by atomic mass is 9.92. The van der Waals surface area contributed by atoms with Gasteiger partial charge in [0.15, 0.2) is 23.3 Å². The minimum absolute atomic E-state index is 0.00295. The van der Waals surface area contributed by atoms with Crippen LogP contribution >= 0.6 is 0 Å². The van der Waals surface area contributed by atoms with Gasteiger partial charge < -0.3 is 64.8 Å². The van der Waals surface area contributed by atoms with E-state index in [0.29, 0.717) is 68.5 Å². The average molecular weight is 877 g/mol. The minimum atomic E-state index is -1.02. The van der Waals surface area contributed by atoms with Crippen LogP contribution < -0.4 is 64.8 Å². The number of nitrogen functional groups attached to an aromatic ring is 8. The van der Waals surface area contributed by atoms with Crippen LogP contribution in [0.25, 0.3) is 45.6 Å². The third-order valence-electron chi connectivity index (χ3n) is 9.31. The normalized spacial score (nSPS) is 11.2. The van der Waals surface area contributed by atoms with Gasteiger partial charge >= 0.3 is 0 Å². The Bertz CT molecular complexity index is 2450. The van der Waals surface area contributed by atoms with E-state index in [-0.39, 0.29) is 74.0 Å². The molecule has 328 valence electrons. The molecule has 0 aliphatic rings. The first kappa shape index (κ1) is 42.2. The highest BCUT2D eigenvalue weighted by Gasteiger charge is 2.36. The van der Waals surface area contributed by atoms with E-state index in [1.807, 2.05) is 0 Å². The molecule has 24 nitrogen and oxygen atoms in total. The van der Waals surface area contributed by atoms with E-state index >= 15 is 0 Å². The van der Waals surface area contributed by atoms with Crippen molar-refractivity contribution in [2.45, 2.75) is 0 Å². The number of anilines is 8. The zero-order valence-electron chi connectivity index (χ0n) is 34.2. The molecule has 0 bridgehead atoms. The van der Waals surface area contributed by atoms with Gasteiger partial charge in [-0.2, -0.15) is 59.8 Å². The molecule has 16 N–H and O–H groups in total. The fourth-order valence-electron chi connectivity index (χ4n) is 6.15. The second-order valence-corrected chi connectivity index (χ2v) is 14.3. The molecule has 24 heteroatoms. The fraction of sp³-hybridized carbons (Fsp3) is 0.122. The van der Waals surface area contributed by atoms with Crippen molar-refractivity contribution >= 4 is 47.6 Å². The first-order chi connectivity index (χ1) is 31.3. The van der Waals surface area contributed by atoms with Crippen molar-refractivity contribution in [1.82, 2.24) is 59.8 Å². The first-order valence-corrected chi connectivity index (χ1v) is 19.3. The summed E-state index contributed by atoms with van der Waals surface area (Å²) >= 11 is 0. The summed E-state index contributed by atoms with van der Waals surface area (Å²) in [6.45, 7) is 0.121. The number of benzene rings is 4. The quantitative estimate of drug-likeness (QED) is 0.0690. The second-order valence-electron chi connectivity index (χ2n) is 14.3. The number of ether oxygens (including phenoxy) is 4. The van der Waals surface area contributed by atoms with Crippen LogP contribution in [0.15, 0.2) is 97.1 Å². The summed E-state index contributed by atoms with van der Waals surface area (Å²) < 4.78 is 26.0. The maximum atomic E-state index is 6.49. The molecule has 65 heavy (non-hydrogen) atoms. The Balaban J connectivity index is 1.09. The van der Waals surface area contributed by atoms with Crippen molar-refractivity contribution in [3.05, 3.63) is 97.1 Å². The van der Waals surface area contributed by atoms with Gasteiger partial charge in [0.1, 0.15) is 54.8 Å². The summed E-state index contributed by atoms with van der Waals surface area (Å²) in [7, 11) is 0. The molecule has 0 aliphatic heterocycles. The van der Waals surface area contributed by atoms with Gasteiger partial charge in [-0.1, -0.05) is 0 Å². The molecule has 0 aliphatic carbocycles. The molecule has 0 saturated carbocycles. The molecular weight excluding hydrogens is 837 g/mol. The van der Waals surface area contributed by atoms with Crippen molar-refractivity contribution in [3.63, 3.8) is 0 Å². The molecule has 0 spiro atoms. The Morgan fingerprint density at radius 2 is 0.431 bits per heavy atom. The largest absolute Gasteiger partial charge is 0.493 e. The number of hydrogen-bond donors (Lipinski definition) is 8. The van der Waals surface area contributed by atoms with Crippen molar-refractivity contribution < 1.29 is 18.9 Å². The molecule has 8 aromatic rings. The summed E-state index contributed by atoms with van der Waals surface area (Å²) in [5.41, 5.74) is 48.1. The summed E-state index contributed by atoms with van der Waals surface area (Å²) in [6, 6.07) is 28.3. The molecule has 4 aromatic carbocycles. The first-order valence-electron chi connectivity index (χ1n) is 19.3. The Hall–Kier alpha value is -9.48. The van der Waals surface area contributed by atoms with E-state index in [1.54, 1.807) is 97.1 Å². The molecule has 0 fully saturated rings. The number of aromatic nitrogens is 12. The highest BCUT2D eigenvalue weighted by atomic mass is 16.5. The Labute approximate surface area is 368 Å². The lowest BCUT2D eigenvalue weighted by Gasteiger charge is -2.33. The minimum Gasteiger partial charge on any atom is -0.493 e. The predicted octanol–water partition coefficient (Wildman–Crippen LogP) is 2.35. The zero-order chi connectivity index (χ0) is 45.5. The van der Waals surface area contributed by atoms with E-state index < -0.39 is 5.41 Å². The lowest BCUT2D eigenvalue weighted by Crippen LogP contribution is -2.45. The Morgan fingerprint density at radius 1 is 0.262 bits per heavy atom. The van der Waals surface area contributed by atoms with Gasteiger partial charge in [0, 0.05) is 22.3 Å². The molecule has 0 unspecified atom stereocenters. The molecule has 0 amide bonds. The van der Waals surface area contributed by atoms with Crippen molar-refractivity contribution in [1.29, 1.82) is 0 Å². The third kappa shape index (κ3) is 10.7. The van der Waals surface area contributed by atoms with Gasteiger partial charge in [0.2, 0.25) is 47.6 Å². The van der Waals surface area contributed by atoms with E-state index in [4.69, 9.17) is 64.8 Å². The van der Waals surface area contributed by atoms with E-state index in [0.717, 1.165) is 0 Å². The van der Waals surface area contributed by atoms with Crippen LogP contribution in [0.2, 0.25) is 0 Å². The second kappa shape index (κ2) is 18.2. The number of rotatable bonds is 16. The Kier molecular flexibility index (Phi) is 11.9. The number of nitrogens with two attached hydrogens (primary N) is 8. The van der Waals surface area contributed by atoms with Crippen LogP contribution in [0.1, 0.15) is 0 Å². The number of hydrogen-bond acceptors (Lipinski definition) is 24. The summed E-state index contributed by atoms with van der Waals surface area (Å²) in [4.78, 5) is 48.9. The summed E-state index contributed by atoms with van der Waals surface area (Å²) in [5.74, 6) is 3.24. The fourth-order valence-corrected chi connectivity index (χ4v) is 6.15. The Morgan fingerprint density at radius 3 is 0.600 bits per heavy atom. The van der Waals surface area contributed by atoms with Crippen molar-refractivity contribution in [2.24, 2.45) is 5.41 Å². The van der Waals surface area contributed by atoms with Crippen LogP contribution in [0.4, 0.5) is 47.6 Å². The monoisotopic (exact) mass is 876 g/mol. The summed E-state index contributed by atoms with van der Waals surface area (Å²) in [6.07, 6.45) is 0. The molecule has 0 saturated heterocycles. The van der Waals surface area contributed by atoms with Gasteiger partial charge in [0.25, 0.3) is 0 Å².